The van der Waals surface area contributed by atoms with Gasteiger partial charge in [-0.25, -0.2) is 14.8 Å². The SMILES string of the molecule is COC[C@H]1C(=O)N(Cc2ccc3c(N)ncnc3c2)CCN1C(=O)O.Nc1ccc(OC(F)(F)F)cc1. The van der Waals surface area contributed by atoms with Crippen molar-refractivity contribution in [2.24, 2.45) is 0 Å². The summed E-state index contributed by atoms with van der Waals surface area (Å²) in [6.07, 6.45) is -4.36. The van der Waals surface area contributed by atoms with Crippen molar-refractivity contribution < 1.29 is 37.3 Å². The van der Waals surface area contributed by atoms with Crippen LogP contribution in [-0.2, 0) is 16.1 Å². The summed E-state index contributed by atoms with van der Waals surface area (Å²) in [6.45, 7) is 0.975. The van der Waals surface area contributed by atoms with Gasteiger partial charge in [0.2, 0.25) is 5.91 Å². The number of aromatic nitrogens is 2. The first kappa shape index (κ1) is 27.3. The molecule has 14 heteroatoms. The van der Waals surface area contributed by atoms with Crippen LogP contribution in [0.25, 0.3) is 10.9 Å². The zero-order valence-corrected chi connectivity index (χ0v) is 19.7. The van der Waals surface area contributed by atoms with E-state index in [1.807, 2.05) is 18.2 Å². The Balaban J connectivity index is 0.000000266. The Kier molecular flexibility index (Phi) is 8.55. The molecule has 2 heterocycles. The minimum atomic E-state index is -4.64. The topological polar surface area (TPSA) is 157 Å². The number of carbonyl (C=O) groups excluding carboxylic acids is 1. The number of ether oxygens (including phenoxy) is 2. The molecule has 0 bridgehead atoms. The van der Waals surface area contributed by atoms with Gasteiger partial charge in [0, 0.05) is 37.8 Å². The maximum absolute atomic E-state index is 12.6. The average Bonchev–Trinajstić information content (AvgIpc) is 2.83. The molecule has 2 amide bonds. The van der Waals surface area contributed by atoms with Gasteiger partial charge in [-0.05, 0) is 42.0 Å². The highest BCUT2D eigenvalue weighted by molar-refractivity contribution is 5.89. The minimum Gasteiger partial charge on any atom is -0.465 e. The summed E-state index contributed by atoms with van der Waals surface area (Å²) in [5, 5.41) is 10.0. The van der Waals surface area contributed by atoms with Crippen LogP contribution in [0.3, 0.4) is 0 Å². The number of nitrogens with zero attached hydrogens (tertiary/aromatic N) is 4. The second kappa shape index (κ2) is 11.6. The molecule has 1 atom stereocenters. The third-order valence-electron chi connectivity index (χ3n) is 5.37. The van der Waals surface area contributed by atoms with Crippen molar-refractivity contribution in [2.45, 2.75) is 18.9 Å². The van der Waals surface area contributed by atoms with E-state index in [9.17, 15) is 27.9 Å². The molecule has 0 saturated carbocycles. The van der Waals surface area contributed by atoms with Gasteiger partial charge in [-0.15, -0.1) is 13.2 Å². The van der Waals surface area contributed by atoms with Gasteiger partial charge in [-0.3, -0.25) is 9.69 Å². The molecule has 198 valence electrons. The molecule has 2 aromatic carbocycles. The van der Waals surface area contributed by atoms with Crippen LogP contribution in [-0.4, -0.2) is 76.1 Å². The van der Waals surface area contributed by atoms with Crippen LogP contribution < -0.4 is 16.2 Å². The predicted octanol–water partition coefficient (Wildman–Crippen LogP) is 2.72. The number of nitrogens with two attached hydrogens (primary N) is 2. The minimum absolute atomic E-state index is 0.0309. The second-order valence-corrected chi connectivity index (χ2v) is 7.93. The van der Waals surface area contributed by atoms with E-state index >= 15 is 0 Å². The highest BCUT2D eigenvalue weighted by atomic mass is 19.4. The number of rotatable bonds is 5. The zero-order chi connectivity index (χ0) is 27.2. The van der Waals surface area contributed by atoms with E-state index in [0.29, 0.717) is 30.1 Å². The highest BCUT2D eigenvalue weighted by Crippen LogP contribution is 2.23. The van der Waals surface area contributed by atoms with E-state index in [1.165, 1.54) is 25.6 Å². The largest absolute Gasteiger partial charge is 0.573 e. The molecule has 0 radical (unpaired) electrons. The van der Waals surface area contributed by atoms with Gasteiger partial charge >= 0.3 is 12.5 Å². The van der Waals surface area contributed by atoms with Gasteiger partial charge in [0.15, 0.2) is 0 Å². The van der Waals surface area contributed by atoms with Gasteiger partial charge in [0.05, 0.1) is 12.1 Å². The highest BCUT2D eigenvalue weighted by Gasteiger charge is 2.37. The summed E-state index contributed by atoms with van der Waals surface area (Å²) in [5.74, 6) is -0.127. The Morgan fingerprint density at radius 1 is 1.14 bits per heavy atom. The molecule has 1 aliphatic rings. The number of halogens is 3. The van der Waals surface area contributed by atoms with E-state index < -0.39 is 18.5 Å². The fraction of sp³-hybridized carbons (Fsp3) is 0.304. The molecule has 5 N–H and O–H groups in total. The summed E-state index contributed by atoms with van der Waals surface area (Å²) in [6, 6.07) is 9.70. The number of amides is 2. The molecule has 3 aromatic rings. The van der Waals surface area contributed by atoms with E-state index in [1.54, 1.807) is 4.90 Å². The van der Waals surface area contributed by atoms with E-state index in [4.69, 9.17) is 16.2 Å². The summed E-state index contributed by atoms with van der Waals surface area (Å²) in [4.78, 5) is 34.8. The van der Waals surface area contributed by atoms with E-state index in [-0.39, 0.29) is 24.8 Å². The average molecular weight is 522 g/mol. The fourth-order valence-corrected chi connectivity index (χ4v) is 3.66. The van der Waals surface area contributed by atoms with Crippen LogP contribution >= 0.6 is 0 Å². The summed E-state index contributed by atoms with van der Waals surface area (Å²) >= 11 is 0. The first-order valence-corrected chi connectivity index (χ1v) is 10.9. The van der Waals surface area contributed by atoms with Crippen LogP contribution in [0.2, 0.25) is 0 Å². The molecule has 37 heavy (non-hydrogen) atoms. The Morgan fingerprint density at radius 2 is 1.84 bits per heavy atom. The Bertz CT molecular complexity index is 1240. The maximum Gasteiger partial charge on any atom is 0.573 e. The molecule has 1 saturated heterocycles. The lowest BCUT2D eigenvalue weighted by Gasteiger charge is -2.38. The number of methoxy groups -OCH3 is 1. The molecule has 0 aliphatic carbocycles. The van der Waals surface area contributed by atoms with Crippen molar-refractivity contribution >= 4 is 34.4 Å². The van der Waals surface area contributed by atoms with Gasteiger partial charge in [-0.2, -0.15) is 0 Å². The molecule has 11 nitrogen and oxygen atoms in total. The lowest BCUT2D eigenvalue weighted by molar-refractivity contribution is -0.274. The standard InChI is InChI=1S/C16H19N5O4.C7H6F3NO/c1-25-8-13-15(22)20(4-5-21(13)16(23)24)7-10-2-3-11-12(6-10)18-9-19-14(11)17;8-7(9,10)12-6-3-1-5(11)2-4-6/h2-3,6,9,13H,4-5,7-8H2,1H3,(H,23,24)(H2,17,18,19);1-4H,11H2/t13-;/m0./s1. The molecular formula is C23H25F3N6O5. The maximum atomic E-state index is 12.6. The first-order valence-electron chi connectivity index (χ1n) is 10.9. The van der Waals surface area contributed by atoms with Gasteiger partial charge in [0.25, 0.3) is 0 Å². The van der Waals surface area contributed by atoms with Crippen LogP contribution in [0.1, 0.15) is 5.56 Å². The van der Waals surface area contributed by atoms with Gasteiger partial charge in [0.1, 0.15) is 23.9 Å². The molecule has 1 aromatic heterocycles. The quantitative estimate of drug-likeness (QED) is 0.429. The van der Waals surface area contributed by atoms with Crippen molar-refractivity contribution in [1.29, 1.82) is 0 Å². The monoisotopic (exact) mass is 522 g/mol. The van der Waals surface area contributed by atoms with Crippen LogP contribution in [0.5, 0.6) is 5.75 Å². The zero-order valence-electron chi connectivity index (χ0n) is 19.7. The van der Waals surface area contributed by atoms with Gasteiger partial charge < -0.3 is 30.9 Å². The smallest absolute Gasteiger partial charge is 0.465 e. The van der Waals surface area contributed by atoms with Crippen molar-refractivity contribution in [3.8, 4) is 5.75 Å². The Hall–Kier alpha value is -4.33. The number of nitrogen functional groups attached to an aromatic ring is 2. The van der Waals surface area contributed by atoms with Crippen molar-refractivity contribution in [2.75, 3.05) is 38.3 Å². The molecule has 1 fully saturated rings. The van der Waals surface area contributed by atoms with E-state index in [2.05, 4.69) is 14.7 Å². The number of anilines is 2. The number of alkyl halides is 3. The Morgan fingerprint density at radius 3 is 2.46 bits per heavy atom. The van der Waals surface area contributed by atoms with Crippen LogP contribution in [0, 0.1) is 0 Å². The molecular weight excluding hydrogens is 497 g/mol. The lowest BCUT2D eigenvalue weighted by atomic mass is 10.1. The lowest BCUT2D eigenvalue weighted by Crippen LogP contribution is -2.59. The Labute approximate surface area is 209 Å². The third-order valence-corrected chi connectivity index (χ3v) is 5.37. The van der Waals surface area contributed by atoms with Crippen molar-refractivity contribution in [3.63, 3.8) is 0 Å². The van der Waals surface area contributed by atoms with Gasteiger partial charge in [-0.1, -0.05) is 6.07 Å². The van der Waals surface area contributed by atoms with Crippen LogP contribution in [0.4, 0.5) is 29.5 Å². The molecule has 0 spiro atoms. The predicted molar refractivity (Wildman–Crippen MR) is 127 cm³/mol. The molecule has 4 rings (SSSR count). The number of hydrogen-bond acceptors (Lipinski definition) is 8. The summed E-state index contributed by atoms with van der Waals surface area (Å²) in [7, 11) is 1.44. The van der Waals surface area contributed by atoms with Crippen molar-refractivity contribution in [3.05, 3.63) is 54.4 Å². The van der Waals surface area contributed by atoms with Crippen molar-refractivity contribution in [1.82, 2.24) is 19.8 Å². The normalized spacial score (nSPS) is 15.8. The van der Waals surface area contributed by atoms with Crippen LogP contribution in [0.15, 0.2) is 48.8 Å². The molecule has 1 aliphatic heterocycles. The third kappa shape index (κ3) is 7.33. The number of hydrogen-bond donors (Lipinski definition) is 3. The molecule has 0 unspecified atom stereocenters. The fourth-order valence-electron chi connectivity index (χ4n) is 3.66. The number of fused-ring (bicyclic) bond motifs is 1. The number of piperazine rings is 1. The summed E-state index contributed by atoms with van der Waals surface area (Å²) < 4.78 is 43.4. The number of carbonyl (C=O) groups is 2. The number of carboxylic acid groups (broad SMARTS) is 1. The second-order valence-electron chi connectivity index (χ2n) is 7.93. The summed E-state index contributed by atoms with van der Waals surface area (Å²) in [5.41, 5.74) is 13.1. The van der Waals surface area contributed by atoms with E-state index in [0.717, 1.165) is 28.0 Å². The first-order chi connectivity index (χ1) is 17.5. The number of benzene rings is 2.